The third-order valence-corrected chi connectivity index (χ3v) is 4.12. The topological polar surface area (TPSA) is 29.3 Å². The molecule has 1 aromatic rings. The van der Waals surface area contributed by atoms with E-state index in [0.717, 1.165) is 12.8 Å². The Kier molecular flexibility index (Phi) is 4.24. The second-order valence-corrected chi connectivity index (χ2v) is 6.60. The van der Waals surface area contributed by atoms with E-state index in [1.807, 2.05) is 18.7 Å². The average molecular weight is 300 g/mol. The van der Waals surface area contributed by atoms with Crippen molar-refractivity contribution in [3.05, 3.63) is 29.3 Å². The van der Waals surface area contributed by atoms with E-state index in [4.69, 9.17) is 5.73 Å². The Labute approximate surface area is 124 Å². The van der Waals surface area contributed by atoms with E-state index in [9.17, 15) is 13.2 Å². The molecule has 0 radical (unpaired) electrons. The highest BCUT2D eigenvalue weighted by Gasteiger charge is 2.40. The highest BCUT2D eigenvalue weighted by Crippen LogP contribution is 2.42. The molecule has 0 aromatic heterocycles. The molecule has 1 atom stereocenters. The molecule has 0 spiro atoms. The van der Waals surface area contributed by atoms with E-state index in [0.29, 0.717) is 24.2 Å². The SMILES string of the molecule is CC(N)Cc1ccc(N2CCCC2(C)C)c(C(F)(F)F)c1. The molecule has 5 heteroatoms. The highest BCUT2D eigenvalue weighted by atomic mass is 19.4. The summed E-state index contributed by atoms with van der Waals surface area (Å²) in [5.41, 5.74) is 5.84. The van der Waals surface area contributed by atoms with Crippen molar-refractivity contribution in [1.29, 1.82) is 0 Å². The van der Waals surface area contributed by atoms with Crippen LogP contribution in [-0.4, -0.2) is 18.1 Å². The zero-order chi connectivity index (χ0) is 15.8. The molecule has 2 N–H and O–H groups in total. The smallest absolute Gasteiger partial charge is 0.366 e. The van der Waals surface area contributed by atoms with E-state index >= 15 is 0 Å². The molecule has 0 aliphatic carbocycles. The van der Waals surface area contributed by atoms with Crippen LogP contribution in [0.15, 0.2) is 18.2 Å². The monoisotopic (exact) mass is 300 g/mol. The third kappa shape index (κ3) is 3.51. The number of hydrogen-bond donors (Lipinski definition) is 1. The summed E-state index contributed by atoms with van der Waals surface area (Å²) < 4.78 is 40.2. The fourth-order valence-electron chi connectivity index (χ4n) is 3.10. The summed E-state index contributed by atoms with van der Waals surface area (Å²) >= 11 is 0. The van der Waals surface area contributed by atoms with Crippen LogP contribution < -0.4 is 10.6 Å². The second-order valence-electron chi connectivity index (χ2n) is 6.60. The van der Waals surface area contributed by atoms with Crippen LogP contribution in [0.5, 0.6) is 0 Å². The van der Waals surface area contributed by atoms with Crippen LogP contribution >= 0.6 is 0 Å². The van der Waals surface area contributed by atoms with Crippen molar-refractivity contribution in [2.75, 3.05) is 11.4 Å². The first kappa shape index (κ1) is 16.1. The van der Waals surface area contributed by atoms with Crippen molar-refractivity contribution >= 4 is 5.69 Å². The maximum Gasteiger partial charge on any atom is 0.418 e. The van der Waals surface area contributed by atoms with Gasteiger partial charge in [-0.3, -0.25) is 0 Å². The lowest BCUT2D eigenvalue weighted by Gasteiger charge is -2.35. The molecule has 0 amide bonds. The minimum atomic E-state index is -4.35. The normalized spacial score (nSPS) is 19.9. The summed E-state index contributed by atoms with van der Waals surface area (Å²) in [6.07, 6.45) is -2.06. The van der Waals surface area contributed by atoms with Crippen LogP contribution in [0.25, 0.3) is 0 Å². The van der Waals surface area contributed by atoms with Crippen LogP contribution in [0.1, 0.15) is 44.7 Å². The molecule has 1 aliphatic heterocycles. The molecule has 1 unspecified atom stereocenters. The van der Waals surface area contributed by atoms with Crippen molar-refractivity contribution in [1.82, 2.24) is 0 Å². The largest absolute Gasteiger partial charge is 0.418 e. The molecule has 2 rings (SSSR count). The number of nitrogens with zero attached hydrogens (tertiary/aromatic N) is 1. The van der Waals surface area contributed by atoms with Gasteiger partial charge in [0, 0.05) is 23.8 Å². The molecule has 0 bridgehead atoms. The van der Waals surface area contributed by atoms with Gasteiger partial charge in [0.25, 0.3) is 0 Å². The van der Waals surface area contributed by atoms with Crippen LogP contribution in [-0.2, 0) is 12.6 Å². The van der Waals surface area contributed by atoms with Gasteiger partial charge in [0.05, 0.1) is 5.56 Å². The van der Waals surface area contributed by atoms with Gasteiger partial charge in [-0.15, -0.1) is 0 Å². The number of anilines is 1. The molecule has 118 valence electrons. The van der Waals surface area contributed by atoms with Crippen LogP contribution in [0.3, 0.4) is 0 Å². The number of rotatable bonds is 3. The standard InChI is InChI=1S/C16H23F3N2/c1-11(20)9-12-5-6-14(13(10-12)16(17,18)19)21-8-4-7-15(21,2)3/h5-6,10-11H,4,7-9,20H2,1-3H3. The summed E-state index contributed by atoms with van der Waals surface area (Å²) in [7, 11) is 0. The fourth-order valence-corrected chi connectivity index (χ4v) is 3.10. The van der Waals surface area contributed by atoms with Crippen molar-refractivity contribution in [2.24, 2.45) is 5.73 Å². The predicted molar refractivity (Wildman–Crippen MR) is 79.5 cm³/mol. The van der Waals surface area contributed by atoms with Gasteiger partial charge in [0.15, 0.2) is 0 Å². The lowest BCUT2D eigenvalue weighted by atomic mass is 9.98. The first-order valence-corrected chi connectivity index (χ1v) is 7.34. The van der Waals surface area contributed by atoms with Gasteiger partial charge < -0.3 is 10.6 Å². The molecule has 1 heterocycles. The number of hydrogen-bond acceptors (Lipinski definition) is 2. The molecule has 21 heavy (non-hydrogen) atoms. The van der Waals surface area contributed by atoms with Gasteiger partial charge in [-0.2, -0.15) is 13.2 Å². The molecule has 1 fully saturated rings. The van der Waals surface area contributed by atoms with Gasteiger partial charge in [0.2, 0.25) is 0 Å². The van der Waals surface area contributed by atoms with Gasteiger partial charge in [-0.05, 0) is 57.7 Å². The van der Waals surface area contributed by atoms with Crippen molar-refractivity contribution < 1.29 is 13.2 Å². The molecule has 2 nitrogen and oxygen atoms in total. The summed E-state index contributed by atoms with van der Waals surface area (Å²) in [6, 6.07) is 4.48. The minimum Gasteiger partial charge on any atom is -0.366 e. The Bertz CT molecular complexity index is 507. The quantitative estimate of drug-likeness (QED) is 0.915. The molecule has 1 aliphatic rings. The molecule has 0 saturated carbocycles. The van der Waals surface area contributed by atoms with Gasteiger partial charge in [0.1, 0.15) is 0 Å². The minimum absolute atomic E-state index is 0.153. The lowest BCUT2D eigenvalue weighted by molar-refractivity contribution is -0.137. The molecular formula is C16H23F3N2. The number of halogens is 3. The lowest BCUT2D eigenvalue weighted by Crippen LogP contribution is -2.39. The Morgan fingerprint density at radius 1 is 1.33 bits per heavy atom. The van der Waals surface area contributed by atoms with E-state index in [-0.39, 0.29) is 11.6 Å². The van der Waals surface area contributed by atoms with Crippen LogP contribution in [0, 0.1) is 0 Å². The Hall–Kier alpha value is -1.23. The maximum absolute atomic E-state index is 13.4. The summed E-state index contributed by atoms with van der Waals surface area (Å²) in [4.78, 5) is 1.88. The van der Waals surface area contributed by atoms with Crippen LogP contribution in [0.2, 0.25) is 0 Å². The average Bonchev–Trinajstić information content (AvgIpc) is 2.67. The molecule has 1 saturated heterocycles. The van der Waals surface area contributed by atoms with Gasteiger partial charge in [-0.1, -0.05) is 6.07 Å². The van der Waals surface area contributed by atoms with E-state index in [1.54, 1.807) is 19.1 Å². The molecule has 1 aromatic carbocycles. The van der Waals surface area contributed by atoms with E-state index < -0.39 is 11.7 Å². The van der Waals surface area contributed by atoms with Crippen molar-refractivity contribution in [2.45, 2.75) is 57.8 Å². The van der Waals surface area contributed by atoms with Crippen LogP contribution in [0.4, 0.5) is 18.9 Å². The number of alkyl halides is 3. The summed E-state index contributed by atoms with van der Waals surface area (Å²) in [6.45, 7) is 6.46. The summed E-state index contributed by atoms with van der Waals surface area (Å²) in [5.74, 6) is 0. The van der Waals surface area contributed by atoms with Gasteiger partial charge >= 0.3 is 6.18 Å². The van der Waals surface area contributed by atoms with E-state index in [2.05, 4.69) is 0 Å². The Morgan fingerprint density at radius 3 is 2.48 bits per heavy atom. The third-order valence-electron chi connectivity index (χ3n) is 4.12. The van der Waals surface area contributed by atoms with Crippen molar-refractivity contribution in [3.8, 4) is 0 Å². The van der Waals surface area contributed by atoms with Crippen molar-refractivity contribution in [3.63, 3.8) is 0 Å². The highest BCUT2D eigenvalue weighted by molar-refractivity contribution is 5.59. The number of benzene rings is 1. The number of nitrogens with two attached hydrogens (primary N) is 1. The second kappa shape index (κ2) is 5.52. The Balaban J connectivity index is 2.46. The summed E-state index contributed by atoms with van der Waals surface area (Å²) in [5, 5.41) is 0. The fraction of sp³-hybridized carbons (Fsp3) is 0.625. The zero-order valence-corrected chi connectivity index (χ0v) is 12.8. The van der Waals surface area contributed by atoms with Gasteiger partial charge in [-0.25, -0.2) is 0 Å². The first-order valence-electron chi connectivity index (χ1n) is 7.34. The molecular weight excluding hydrogens is 277 g/mol. The zero-order valence-electron chi connectivity index (χ0n) is 12.8. The first-order chi connectivity index (χ1) is 9.61. The predicted octanol–water partition coefficient (Wildman–Crippen LogP) is 3.97. The maximum atomic E-state index is 13.4. The Morgan fingerprint density at radius 2 is 2.00 bits per heavy atom. The van der Waals surface area contributed by atoms with E-state index in [1.165, 1.54) is 6.07 Å².